The van der Waals surface area contributed by atoms with Crippen LogP contribution in [0.3, 0.4) is 0 Å². The third-order valence-electron chi connectivity index (χ3n) is 5.39. The molecule has 140 valence electrons. The molecule has 0 saturated carbocycles. The van der Waals surface area contributed by atoms with E-state index in [4.69, 9.17) is 0 Å². The van der Waals surface area contributed by atoms with Crippen molar-refractivity contribution in [3.63, 3.8) is 0 Å². The summed E-state index contributed by atoms with van der Waals surface area (Å²) in [6.07, 6.45) is 5.42. The highest BCUT2D eigenvalue weighted by Crippen LogP contribution is 2.32. The highest BCUT2D eigenvalue weighted by Gasteiger charge is 2.34. The molecule has 2 bridgehead atoms. The quantitative estimate of drug-likeness (QED) is 0.841. The van der Waals surface area contributed by atoms with Crippen LogP contribution >= 0.6 is 12.4 Å². The van der Waals surface area contributed by atoms with Crippen LogP contribution in [0.4, 0.5) is 5.82 Å². The zero-order valence-corrected chi connectivity index (χ0v) is 16.0. The molecule has 2 saturated heterocycles. The molecule has 1 amide bonds. The van der Waals surface area contributed by atoms with E-state index in [1.807, 2.05) is 35.9 Å². The van der Waals surface area contributed by atoms with Crippen LogP contribution in [-0.4, -0.2) is 27.8 Å². The SMILES string of the molecule is Cc1cc(NC(=O)CC2CC3CCC(C2)N3)n(Cc2ccccc2)n1.Cl. The van der Waals surface area contributed by atoms with Gasteiger partial charge < -0.3 is 10.6 Å². The van der Waals surface area contributed by atoms with Gasteiger partial charge >= 0.3 is 0 Å². The van der Waals surface area contributed by atoms with E-state index in [1.54, 1.807) is 0 Å². The number of aromatic nitrogens is 2. The second-order valence-corrected chi connectivity index (χ2v) is 7.54. The van der Waals surface area contributed by atoms with Gasteiger partial charge in [0.2, 0.25) is 5.91 Å². The molecule has 2 N–H and O–H groups in total. The first-order chi connectivity index (χ1) is 12.2. The van der Waals surface area contributed by atoms with Crippen molar-refractivity contribution in [1.82, 2.24) is 15.1 Å². The van der Waals surface area contributed by atoms with Gasteiger partial charge in [-0.25, -0.2) is 4.68 Å². The lowest BCUT2D eigenvalue weighted by molar-refractivity contribution is -0.117. The van der Waals surface area contributed by atoms with E-state index in [-0.39, 0.29) is 18.3 Å². The number of hydrogen-bond acceptors (Lipinski definition) is 3. The zero-order valence-electron chi connectivity index (χ0n) is 15.1. The lowest BCUT2D eigenvalue weighted by Gasteiger charge is -2.28. The van der Waals surface area contributed by atoms with Gasteiger partial charge in [-0.2, -0.15) is 5.10 Å². The van der Waals surface area contributed by atoms with E-state index < -0.39 is 0 Å². The summed E-state index contributed by atoms with van der Waals surface area (Å²) in [7, 11) is 0. The molecule has 0 aliphatic carbocycles. The molecular formula is C20H27ClN4O. The maximum Gasteiger partial charge on any atom is 0.225 e. The first-order valence-corrected chi connectivity index (χ1v) is 9.30. The molecule has 6 heteroatoms. The van der Waals surface area contributed by atoms with E-state index in [9.17, 15) is 4.79 Å². The number of hydrogen-bond donors (Lipinski definition) is 2. The lowest BCUT2D eigenvalue weighted by Crippen LogP contribution is -2.39. The number of aryl methyl sites for hydroxylation is 1. The first kappa shape index (κ1) is 18.9. The van der Waals surface area contributed by atoms with Gasteiger partial charge in [-0.05, 0) is 44.1 Å². The lowest BCUT2D eigenvalue weighted by atomic mass is 9.89. The van der Waals surface area contributed by atoms with Crippen molar-refractivity contribution >= 4 is 24.1 Å². The average Bonchev–Trinajstić information content (AvgIpc) is 3.10. The van der Waals surface area contributed by atoms with Crippen molar-refractivity contribution in [3.8, 4) is 0 Å². The molecule has 1 aromatic carbocycles. The topological polar surface area (TPSA) is 59.0 Å². The summed E-state index contributed by atoms with van der Waals surface area (Å²) in [5.74, 6) is 1.41. The Labute approximate surface area is 161 Å². The molecule has 0 spiro atoms. The Balaban J connectivity index is 0.00000196. The molecule has 4 rings (SSSR count). The average molecular weight is 375 g/mol. The second-order valence-electron chi connectivity index (χ2n) is 7.54. The minimum atomic E-state index is 0. The van der Waals surface area contributed by atoms with Crippen molar-refractivity contribution in [3.05, 3.63) is 47.7 Å². The number of fused-ring (bicyclic) bond motifs is 2. The van der Waals surface area contributed by atoms with E-state index >= 15 is 0 Å². The standard InChI is InChI=1S/C20H26N4O.ClH/c1-14-9-19(24(23-14)13-15-5-3-2-4-6-15)22-20(25)12-16-10-17-7-8-18(11-16)21-17;/h2-6,9,16-18,21H,7-8,10-13H2,1H3,(H,22,25);1H. The Hall–Kier alpha value is -1.85. The van der Waals surface area contributed by atoms with Crippen molar-refractivity contribution in [2.24, 2.45) is 5.92 Å². The molecule has 5 nitrogen and oxygen atoms in total. The molecule has 2 unspecified atom stereocenters. The Morgan fingerprint density at radius 1 is 1.23 bits per heavy atom. The third-order valence-corrected chi connectivity index (χ3v) is 5.39. The molecule has 3 heterocycles. The number of amides is 1. The smallest absolute Gasteiger partial charge is 0.225 e. The van der Waals surface area contributed by atoms with E-state index in [0.29, 0.717) is 31.0 Å². The summed E-state index contributed by atoms with van der Waals surface area (Å²) >= 11 is 0. The normalized spacial score (nSPS) is 24.1. The Morgan fingerprint density at radius 2 is 1.92 bits per heavy atom. The monoisotopic (exact) mass is 374 g/mol. The molecular weight excluding hydrogens is 348 g/mol. The van der Waals surface area contributed by atoms with Crippen LogP contribution in [0.25, 0.3) is 0 Å². The van der Waals surface area contributed by atoms with Crippen LogP contribution in [0.2, 0.25) is 0 Å². The molecule has 2 aliphatic heterocycles. The number of carbonyl (C=O) groups excluding carboxylic acids is 1. The summed E-state index contributed by atoms with van der Waals surface area (Å²) in [5, 5.41) is 11.3. The maximum absolute atomic E-state index is 12.6. The minimum absolute atomic E-state index is 0. The highest BCUT2D eigenvalue weighted by molar-refractivity contribution is 5.90. The van der Waals surface area contributed by atoms with E-state index in [1.165, 1.54) is 18.4 Å². The van der Waals surface area contributed by atoms with Crippen LogP contribution in [-0.2, 0) is 11.3 Å². The van der Waals surface area contributed by atoms with Crippen LogP contribution < -0.4 is 10.6 Å². The number of carbonyl (C=O) groups is 1. The predicted molar refractivity (Wildman–Crippen MR) is 106 cm³/mol. The van der Waals surface area contributed by atoms with Gasteiger partial charge in [0.1, 0.15) is 5.82 Å². The Bertz CT molecular complexity index is 734. The van der Waals surface area contributed by atoms with Crippen LogP contribution in [0, 0.1) is 12.8 Å². The molecule has 2 aliphatic rings. The summed E-state index contributed by atoms with van der Waals surface area (Å²) in [6, 6.07) is 13.4. The summed E-state index contributed by atoms with van der Waals surface area (Å²) in [5.41, 5.74) is 2.10. The van der Waals surface area contributed by atoms with Crippen LogP contribution in [0.15, 0.2) is 36.4 Å². The molecule has 2 aromatic rings. The van der Waals surface area contributed by atoms with Crippen molar-refractivity contribution in [2.75, 3.05) is 5.32 Å². The van der Waals surface area contributed by atoms with Gasteiger partial charge in [-0.3, -0.25) is 4.79 Å². The Morgan fingerprint density at radius 3 is 2.62 bits per heavy atom. The maximum atomic E-state index is 12.6. The third kappa shape index (κ3) is 4.46. The molecule has 26 heavy (non-hydrogen) atoms. The fourth-order valence-corrected chi connectivity index (χ4v) is 4.32. The second kappa shape index (κ2) is 8.23. The van der Waals surface area contributed by atoms with Gasteiger partial charge in [0.25, 0.3) is 0 Å². The molecule has 2 fully saturated rings. The molecule has 0 radical (unpaired) electrons. The fourth-order valence-electron chi connectivity index (χ4n) is 4.32. The highest BCUT2D eigenvalue weighted by atomic mass is 35.5. The van der Waals surface area contributed by atoms with Crippen LogP contribution in [0.5, 0.6) is 0 Å². The number of piperidine rings is 1. The summed E-state index contributed by atoms with van der Waals surface area (Å²) in [6.45, 7) is 2.63. The molecule has 2 atom stereocenters. The number of rotatable bonds is 5. The van der Waals surface area contributed by atoms with Crippen LogP contribution in [0.1, 0.15) is 43.4 Å². The van der Waals surface area contributed by atoms with Gasteiger partial charge in [-0.1, -0.05) is 30.3 Å². The van der Waals surface area contributed by atoms with Crippen molar-refractivity contribution < 1.29 is 4.79 Å². The number of anilines is 1. The number of nitrogens with one attached hydrogen (secondary N) is 2. The number of nitrogens with zero attached hydrogens (tertiary/aromatic N) is 2. The van der Waals surface area contributed by atoms with Gasteiger partial charge in [-0.15, -0.1) is 12.4 Å². The van der Waals surface area contributed by atoms with Crippen molar-refractivity contribution in [1.29, 1.82) is 0 Å². The Kier molecular flexibility index (Phi) is 5.99. The van der Waals surface area contributed by atoms with Crippen molar-refractivity contribution in [2.45, 2.75) is 57.7 Å². The predicted octanol–water partition coefficient (Wildman–Crippen LogP) is 3.52. The first-order valence-electron chi connectivity index (χ1n) is 9.30. The largest absolute Gasteiger partial charge is 0.311 e. The number of halogens is 1. The van der Waals surface area contributed by atoms with Gasteiger partial charge in [0.05, 0.1) is 12.2 Å². The number of benzene rings is 1. The zero-order chi connectivity index (χ0) is 17.2. The van der Waals surface area contributed by atoms with Gasteiger partial charge in [0.15, 0.2) is 0 Å². The molecule has 1 aromatic heterocycles. The fraction of sp³-hybridized carbons (Fsp3) is 0.500. The minimum Gasteiger partial charge on any atom is -0.311 e. The summed E-state index contributed by atoms with van der Waals surface area (Å²) in [4.78, 5) is 12.6. The van der Waals surface area contributed by atoms with E-state index in [2.05, 4.69) is 27.9 Å². The van der Waals surface area contributed by atoms with E-state index in [0.717, 1.165) is 24.4 Å². The summed E-state index contributed by atoms with van der Waals surface area (Å²) < 4.78 is 1.88. The van der Waals surface area contributed by atoms with Gasteiger partial charge in [0, 0.05) is 24.6 Å².